The molecule has 0 spiro atoms. The Hall–Kier alpha value is -2.32. The predicted molar refractivity (Wildman–Crippen MR) is 92.7 cm³/mol. The molecular weight excluding hydrogens is 348 g/mol. The number of hydrogen-bond donors (Lipinski definition) is 2. The fourth-order valence-electron chi connectivity index (χ4n) is 3.09. The average molecular weight is 369 g/mol. The lowest BCUT2D eigenvalue weighted by molar-refractivity contribution is -0.135. The molecule has 1 atom stereocenters. The fourth-order valence-corrected chi connectivity index (χ4v) is 3.09. The lowest BCUT2D eigenvalue weighted by Crippen LogP contribution is -2.51. The van der Waals surface area contributed by atoms with E-state index in [-0.39, 0.29) is 43.4 Å². The zero-order valence-corrected chi connectivity index (χ0v) is 14.7. The van der Waals surface area contributed by atoms with Gasteiger partial charge >= 0.3 is 6.03 Å². The highest BCUT2D eigenvalue weighted by molar-refractivity contribution is 6.03. The molecule has 2 aliphatic rings. The van der Waals surface area contributed by atoms with Crippen LogP contribution in [0, 0.1) is 0 Å². The molecule has 2 N–H and O–H groups in total. The van der Waals surface area contributed by atoms with Crippen molar-refractivity contribution in [3.05, 3.63) is 29.8 Å². The second kappa shape index (κ2) is 8.17. The summed E-state index contributed by atoms with van der Waals surface area (Å²) < 4.78 is 5.41. The molecule has 2 heterocycles. The maximum atomic E-state index is 12.7. The fraction of sp³-hybridized carbons (Fsp3) is 0.438. The Morgan fingerprint density at radius 1 is 1.32 bits per heavy atom. The molecular formula is C16H21ClN4O4. The summed E-state index contributed by atoms with van der Waals surface area (Å²) in [5.41, 5.74) is 0.919. The first kappa shape index (κ1) is 19.0. The number of imide groups is 1. The van der Waals surface area contributed by atoms with E-state index in [1.807, 2.05) is 24.3 Å². The van der Waals surface area contributed by atoms with Crippen LogP contribution in [-0.2, 0) is 9.59 Å². The molecule has 4 amide bonds. The SMILES string of the molecule is COc1ccccc1C1CNCCN1C(=O)CN1CC(=O)NC1=O.Cl. The van der Waals surface area contributed by atoms with Gasteiger partial charge in [0.15, 0.2) is 0 Å². The molecule has 0 aromatic heterocycles. The summed E-state index contributed by atoms with van der Waals surface area (Å²) in [4.78, 5) is 38.6. The summed E-state index contributed by atoms with van der Waals surface area (Å²) in [5, 5.41) is 5.46. The minimum absolute atomic E-state index is 0. The maximum Gasteiger partial charge on any atom is 0.325 e. The highest BCUT2D eigenvalue weighted by atomic mass is 35.5. The Kier molecular flexibility index (Phi) is 6.22. The van der Waals surface area contributed by atoms with Crippen LogP contribution in [0.4, 0.5) is 4.79 Å². The quantitative estimate of drug-likeness (QED) is 0.738. The van der Waals surface area contributed by atoms with Crippen LogP contribution in [0.1, 0.15) is 11.6 Å². The number of ether oxygens (including phenoxy) is 1. The Bertz CT molecular complexity index is 669. The standard InChI is InChI=1S/C16H20N4O4.ClH/c1-24-13-5-3-2-4-11(13)12-8-17-6-7-20(12)15(22)10-19-9-14(21)18-16(19)23;/h2-5,12,17H,6-10H2,1H3,(H,18,21,23);1H. The first-order chi connectivity index (χ1) is 11.6. The number of nitrogens with one attached hydrogen (secondary N) is 2. The van der Waals surface area contributed by atoms with E-state index in [0.717, 1.165) is 11.3 Å². The van der Waals surface area contributed by atoms with Gasteiger partial charge in [0.1, 0.15) is 18.8 Å². The second-order valence-electron chi connectivity index (χ2n) is 5.76. The van der Waals surface area contributed by atoms with Crippen molar-refractivity contribution in [2.24, 2.45) is 0 Å². The molecule has 0 saturated carbocycles. The van der Waals surface area contributed by atoms with Crippen LogP contribution in [0.15, 0.2) is 24.3 Å². The summed E-state index contributed by atoms with van der Waals surface area (Å²) in [6, 6.07) is 6.88. The van der Waals surface area contributed by atoms with Crippen LogP contribution < -0.4 is 15.4 Å². The Morgan fingerprint density at radius 3 is 2.76 bits per heavy atom. The highest BCUT2D eigenvalue weighted by Crippen LogP contribution is 2.30. The first-order valence-corrected chi connectivity index (χ1v) is 7.82. The van der Waals surface area contributed by atoms with Crippen LogP contribution in [0.5, 0.6) is 5.75 Å². The smallest absolute Gasteiger partial charge is 0.325 e. The van der Waals surface area contributed by atoms with Gasteiger partial charge in [-0.25, -0.2) is 4.79 Å². The van der Waals surface area contributed by atoms with Crippen molar-refractivity contribution in [1.29, 1.82) is 0 Å². The van der Waals surface area contributed by atoms with Gasteiger partial charge in [-0.2, -0.15) is 0 Å². The minimum atomic E-state index is -0.516. The minimum Gasteiger partial charge on any atom is -0.496 e. The van der Waals surface area contributed by atoms with Crippen LogP contribution in [0.2, 0.25) is 0 Å². The topological polar surface area (TPSA) is 91.0 Å². The number of piperazine rings is 1. The van der Waals surface area contributed by atoms with Gasteiger partial charge in [-0.15, -0.1) is 12.4 Å². The van der Waals surface area contributed by atoms with Gasteiger partial charge in [-0.1, -0.05) is 18.2 Å². The van der Waals surface area contributed by atoms with E-state index in [9.17, 15) is 14.4 Å². The number of carbonyl (C=O) groups excluding carboxylic acids is 3. The number of amides is 4. The molecule has 1 aromatic carbocycles. The van der Waals surface area contributed by atoms with Gasteiger partial charge in [0.2, 0.25) is 11.8 Å². The summed E-state index contributed by atoms with van der Waals surface area (Å²) in [6.07, 6.45) is 0. The maximum absolute atomic E-state index is 12.7. The molecule has 9 heteroatoms. The molecule has 136 valence electrons. The summed E-state index contributed by atoms with van der Waals surface area (Å²) in [7, 11) is 1.60. The number of nitrogens with zero attached hydrogens (tertiary/aromatic N) is 2. The third-order valence-electron chi connectivity index (χ3n) is 4.26. The lowest BCUT2D eigenvalue weighted by atomic mass is 10.0. The van der Waals surface area contributed by atoms with Gasteiger partial charge in [0, 0.05) is 25.2 Å². The molecule has 0 aliphatic carbocycles. The van der Waals surface area contributed by atoms with Crippen molar-refractivity contribution in [3.8, 4) is 5.75 Å². The van der Waals surface area contributed by atoms with Crippen molar-refractivity contribution in [3.63, 3.8) is 0 Å². The number of methoxy groups -OCH3 is 1. The molecule has 0 radical (unpaired) electrons. The monoisotopic (exact) mass is 368 g/mol. The largest absolute Gasteiger partial charge is 0.496 e. The van der Waals surface area contributed by atoms with Crippen molar-refractivity contribution >= 4 is 30.3 Å². The van der Waals surface area contributed by atoms with Gasteiger partial charge in [0.25, 0.3) is 0 Å². The van der Waals surface area contributed by atoms with E-state index >= 15 is 0 Å². The van der Waals surface area contributed by atoms with Gasteiger partial charge in [0.05, 0.1) is 13.2 Å². The first-order valence-electron chi connectivity index (χ1n) is 7.82. The van der Waals surface area contributed by atoms with Gasteiger partial charge in [-0.05, 0) is 6.07 Å². The highest BCUT2D eigenvalue weighted by Gasteiger charge is 2.34. The second-order valence-corrected chi connectivity index (χ2v) is 5.76. The van der Waals surface area contributed by atoms with Crippen LogP contribution in [0.3, 0.4) is 0 Å². The van der Waals surface area contributed by atoms with E-state index < -0.39 is 6.03 Å². The number of benzene rings is 1. The molecule has 25 heavy (non-hydrogen) atoms. The lowest BCUT2D eigenvalue weighted by Gasteiger charge is -2.37. The van der Waals surface area contributed by atoms with Crippen LogP contribution in [-0.4, -0.2) is 67.5 Å². The molecule has 8 nitrogen and oxygen atoms in total. The summed E-state index contributed by atoms with van der Waals surface area (Å²) >= 11 is 0. The molecule has 3 rings (SSSR count). The van der Waals surface area contributed by atoms with E-state index in [2.05, 4.69) is 10.6 Å². The molecule has 2 saturated heterocycles. The zero-order valence-electron chi connectivity index (χ0n) is 13.9. The van der Waals surface area contributed by atoms with E-state index in [0.29, 0.717) is 19.6 Å². The molecule has 1 aromatic rings. The number of halogens is 1. The number of carbonyl (C=O) groups is 3. The van der Waals surface area contributed by atoms with Crippen molar-refractivity contribution in [2.45, 2.75) is 6.04 Å². The summed E-state index contributed by atoms with van der Waals surface area (Å²) in [6.45, 7) is 1.64. The predicted octanol–water partition coefficient (Wildman–Crippen LogP) is 0.142. The van der Waals surface area contributed by atoms with Crippen molar-refractivity contribution in [2.75, 3.05) is 39.8 Å². The number of rotatable bonds is 4. The number of urea groups is 1. The third kappa shape index (κ3) is 4.02. The summed E-state index contributed by atoms with van der Waals surface area (Å²) in [5.74, 6) is 0.157. The van der Waals surface area contributed by atoms with Crippen molar-refractivity contribution in [1.82, 2.24) is 20.4 Å². The van der Waals surface area contributed by atoms with E-state index in [1.165, 1.54) is 4.90 Å². The molecule has 2 fully saturated rings. The van der Waals surface area contributed by atoms with Crippen LogP contribution >= 0.6 is 12.4 Å². The van der Waals surface area contributed by atoms with Crippen molar-refractivity contribution < 1.29 is 19.1 Å². The number of para-hydroxylation sites is 1. The van der Waals surface area contributed by atoms with E-state index in [4.69, 9.17) is 4.74 Å². The van der Waals surface area contributed by atoms with Gasteiger partial charge in [-0.3, -0.25) is 14.9 Å². The number of hydrogen-bond acceptors (Lipinski definition) is 5. The van der Waals surface area contributed by atoms with E-state index in [1.54, 1.807) is 12.0 Å². The Morgan fingerprint density at radius 2 is 2.08 bits per heavy atom. The zero-order chi connectivity index (χ0) is 17.1. The van der Waals surface area contributed by atoms with Crippen LogP contribution in [0.25, 0.3) is 0 Å². The average Bonchev–Trinajstić information content (AvgIpc) is 2.92. The molecule has 2 aliphatic heterocycles. The molecule has 1 unspecified atom stereocenters. The normalized spacial score (nSPS) is 20.1. The Balaban J connectivity index is 0.00000225. The van der Waals surface area contributed by atoms with Gasteiger partial charge < -0.3 is 19.9 Å². The Labute approximate surface area is 151 Å². The third-order valence-corrected chi connectivity index (χ3v) is 4.26. The molecule has 0 bridgehead atoms.